The van der Waals surface area contributed by atoms with Crippen LogP contribution in [-0.2, 0) is 9.53 Å². The van der Waals surface area contributed by atoms with E-state index >= 15 is 0 Å². The van der Waals surface area contributed by atoms with Gasteiger partial charge in [0, 0.05) is 12.0 Å². The fraction of sp³-hybridized carbons (Fsp3) is 0.875. The molecule has 0 bridgehead atoms. The minimum Gasteiger partial charge on any atom is -0.468 e. The number of carbonyl (C=O) groups is 1. The fourth-order valence-electron chi connectivity index (χ4n) is 2.06. The summed E-state index contributed by atoms with van der Waals surface area (Å²) in [5.74, 6) is 0.605. The summed E-state index contributed by atoms with van der Waals surface area (Å²) < 4.78 is 4.68. The van der Waals surface area contributed by atoms with Crippen LogP contribution < -0.4 is 5.32 Å². The van der Waals surface area contributed by atoms with Gasteiger partial charge in [-0.2, -0.15) is 0 Å². The summed E-state index contributed by atoms with van der Waals surface area (Å²) >= 11 is 0. The first-order valence-electron chi connectivity index (χ1n) is 4.02. The Morgan fingerprint density at radius 1 is 1.73 bits per heavy atom. The molecule has 2 rings (SSSR count). The van der Waals surface area contributed by atoms with Crippen molar-refractivity contribution in [2.45, 2.75) is 19.4 Å². The van der Waals surface area contributed by atoms with Gasteiger partial charge in [-0.25, -0.2) is 0 Å². The van der Waals surface area contributed by atoms with E-state index in [0.29, 0.717) is 5.92 Å². The third-order valence-electron chi connectivity index (χ3n) is 3.15. The van der Waals surface area contributed by atoms with Gasteiger partial charge in [0.25, 0.3) is 0 Å². The number of ether oxygens (including phenoxy) is 1. The van der Waals surface area contributed by atoms with Gasteiger partial charge in [-0.3, -0.25) is 4.79 Å². The van der Waals surface area contributed by atoms with Crippen LogP contribution >= 0.6 is 0 Å². The predicted molar refractivity (Wildman–Crippen MR) is 40.0 cm³/mol. The number of rotatable bonds is 1. The minimum absolute atomic E-state index is 0.0116. The summed E-state index contributed by atoms with van der Waals surface area (Å²) in [5, 5.41) is 3.10. The third kappa shape index (κ3) is 0.745. The van der Waals surface area contributed by atoms with Gasteiger partial charge in [0.05, 0.1) is 7.11 Å². The van der Waals surface area contributed by atoms with Crippen molar-refractivity contribution in [3.63, 3.8) is 0 Å². The molecule has 3 heteroatoms. The molecule has 0 amide bonds. The van der Waals surface area contributed by atoms with Crippen LogP contribution in [0, 0.1) is 11.3 Å². The molecule has 1 aliphatic heterocycles. The second-order valence-corrected chi connectivity index (χ2v) is 3.68. The Balaban J connectivity index is 2.02. The molecular weight excluding hydrogens is 142 g/mol. The van der Waals surface area contributed by atoms with Gasteiger partial charge >= 0.3 is 5.97 Å². The number of nitrogens with one attached hydrogen (secondary N) is 1. The number of esters is 1. The summed E-state index contributed by atoms with van der Waals surface area (Å²) in [6.07, 6.45) is 1.18. The van der Waals surface area contributed by atoms with Gasteiger partial charge in [-0.05, 0) is 12.3 Å². The minimum atomic E-state index is -0.0967. The zero-order chi connectivity index (χ0) is 8.06. The molecule has 1 saturated carbocycles. The Hall–Kier alpha value is -0.570. The smallest absolute Gasteiger partial charge is 0.323 e. The topological polar surface area (TPSA) is 38.3 Å². The van der Waals surface area contributed by atoms with Crippen molar-refractivity contribution < 1.29 is 9.53 Å². The number of carbonyl (C=O) groups excluding carboxylic acids is 1. The molecule has 0 aromatic carbocycles. The van der Waals surface area contributed by atoms with Crippen LogP contribution in [0.25, 0.3) is 0 Å². The second-order valence-electron chi connectivity index (χ2n) is 3.68. The highest BCUT2D eigenvalue weighted by atomic mass is 16.5. The van der Waals surface area contributed by atoms with E-state index in [1.807, 2.05) is 0 Å². The maximum absolute atomic E-state index is 11.1. The summed E-state index contributed by atoms with van der Waals surface area (Å²) in [6, 6.07) is -0.0116. The zero-order valence-electron chi connectivity index (χ0n) is 6.89. The van der Waals surface area contributed by atoms with Gasteiger partial charge < -0.3 is 10.1 Å². The summed E-state index contributed by atoms with van der Waals surface area (Å²) in [4.78, 5) is 11.1. The van der Waals surface area contributed by atoms with Gasteiger partial charge in [0.1, 0.15) is 6.04 Å². The molecule has 0 aromatic heterocycles. The van der Waals surface area contributed by atoms with Crippen LogP contribution in [0.15, 0.2) is 0 Å². The molecule has 2 aliphatic rings. The van der Waals surface area contributed by atoms with E-state index in [4.69, 9.17) is 0 Å². The van der Waals surface area contributed by atoms with Crippen LogP contribution in [0.4, 0.5) is 0 Å². The quantitative estimate of drug-likeness (QED) is 0.548. The van der Waals surface area contributed by atoms with Crippen molar-refractivity contribution in [2.75, 3.05) is 13.7 Å². The molecule has 2 fully saturated rings. The van der Waals surface area contributed by atoms with Crippen LogP contribution in [0.1, 0.15) is 13.3 Å². The molecule has 3 nitrogen and oxygen atoms in total. The van der Waals surface area contributed by atoms with Crippen molar-refractivity contribution in [1.82, 2.24) is 5.32 Å². The lowest BCUT2D eigenvalue weighted by Gasteiger charge is -2.37. The molecule has 62 valence electrons. The van der Waals surface area contributed by atoms with Gasteiger partial charge in [-0.15, -0.1) is 0 Å². The predicted octanol–water partition coefficient (Wildman–Crippen LogP) is 0.157. The number of methoxy groups -OCH3 is 1. The van der Waals surface area contributed by atoms with Crippen molar-refractivity contribution in [2.24, 2.45) is 11.3 Å². The first-order chi connectivity index (χ1) is 5.20. The molecular formula is C8H13NO2. The summed E-state index contributed by atoms with van der Waals surface area (Å²) in [5.41, 5.74) is 0.285. The summed E-state index contributed by atoms with van der Waals surface area (Å²) in [7, 11) is 1.45. The molecule has 1 heterocycles. The third-order valence-corrected chi connectivity index (χ3v) is 3.15. The van der Waals surface area contributed by atoms with E-state index in [1.165, 1.54) is 13.5 Å². The maximum Gasteiger partial charge on any atom is 0.323 e. The molecule has 1 saturated heterocycles. The largest absolute Gasteiger partial charge is 0.468 e. The molecule has 3 atom stereocenters. The Morgan fingerprint density at radius 2 is 2.36 bits per heavy atom. The van der Waals surface area contributed by atoms with Gasteiger partial charge in [0.2, 0.25) is 0 Å². The molecule has 0 radical (unpaired) electrons. The van der Waals surface area contributed by atoms with Crippen molar-refractivity contribution >= 4 is 5.97 Å². The van der Waals surface area contributed by atoms with Crippen LogP contribution in [0.3, 0.4) is 0 Å². The van der Waals surface area contributed by atoms with E-state index in [2.05, 4.69) is 17.0 Å². The highest BCUT2D eigenvalue weighted by Crippen LogP contribution is 2.58. The average molecular weight is 155 g/mol. The molecule has 0 unspecified atom stereocenters. The van der Waals surface area contributed by atoms with Crippen molar-refractivity contribution in [3.8, 4) is 0 Å². The van der Waals surface area contributed by atoms with E-state index in [-0.39, 0.29) is 17.4 Å². The van der Waals surface area contributed by atoms with E-state index < -0.39 is 0 Å². The monoisotopic (exact) mass is 155 g/mol. The number of hydrogen-bond donors (Lipinski definition) is 1. The zero-order valence-corrected chi connectivity index (χ0v) is 6.89. The highest BCUT2D eigenvalue weighted by molar-refractivity contribution is 5.79. The van der Waals surface area contributed by atoms with Crippen LogP contribution in [-0.4, -0.2) is 25.7 Å². The lowest BCUT2D eigenvalue weighted by molar-refractivity contribution is -0.148. The average Bonchev–Trinajstić information content (AvgIpc) is 2.62. The molecule has 1 N–H and O–H groups in total. The van der Waals surface area contributed by atoms with Crippen LogP contribution in [0.2, 0.25) is 0 Å². The maximum atomic E-state index is 11.1. The summed E-state index contributed by atoms with van der Waals surface area (Å²) in [6.45, 7) is 3.19. The Bertz CT molecular complexity index is 200. The SMILES string of the molecule is COC(=O)[C@@H]1NC[C@@]12C[C@H]2C. The first-order valence-corrected chi connectivity index (χ1v) is 4.02. The van der Waals surface area contributed by atoms with Gasteiger partial charge in [0.15, 0.2) is 0 Å². The lowest BCUT2D eigenvalue weighted by atomic mass is 9.86. The Kier molecular flexibility index (Phi) is 1.27. The fourth-order valence-corrected chi connectivity index (χ4v) is 2.06. The lowest BCUT2D eigenvalue weighted by Crippen LogP contribution is -2.60. The molecule has 0 aromatic rings. The van der Waals surface area contributed by atoms with E-state index in [1.54, 1.807) is 0 Å². The standard InChI is InChI=1S/C8H13NO2/c1-5-3-8(5)4-9-6(8)7(10)11-2/h5-6,9H,3-4H2,1-2H3/t5-,6+,8-/m1/s1. The Labute approximate surface area is 66.1 Å². The van der Waals surface area contributed by atoms with Crippen molar-refractivity contribution in [1.29, 1.82) is 0 Å². The molecule has 1 aliphatic carbocycles. The van der Waals surface area contributed by atoms with E-state index in [9.17, 15) is 4.79 Å². The van der Waals surface area contributed by atoms with Gasteiger partial charge in [-0.1, -0.05) is 6.92 Å². The highest BCUT2D eigenvalue weighted by Gasteiger charge is 2.64. The van der Waals surface area contributed by atoms with Crippen LogP contribution in [0.5, 0.6) is 0 Å². The van der Waals surface area contributed by atoms with Crippen molar-refractivity contribution in [3.05, 3.63) is 0 Å². The van der Waals surface area contributed by atoms with E-state index in [0.717, 1.165) is 6.54 Å². The second kappa shape index (κ2) is 1.97. The first kappa shape index (κ1) is 7.10. The molecule has 1 spiro atoms. The number of hydrogen-bond acceptors (Lipinski definition) is 3. The Morgan fingerprint density at radius 3 is 2.64 bits per heavy atom. The molecule has 11 heavy (non-hydrogen) atoms. The normalized spacial score (nSPS) is 46.7.